The van der Waals surface area contributed by atoms with Gasteiger partial charge in [0.15, 0.2) is 0 Å². The molecule has 1 aliphatic carbocycles. The Bertz CT molecular complexity index is 127. The lowest BCUT2D eigenvalue weighted by Gasteiger charge is -2.15. The topological polar surface area (TPSA) is 0 Å². The molecule has 0 heteroatoms. The highest BCUT2D eigenvalue weighted by atomic mass is 14.1. The summed E-state index contributed by atoms with van der Waals surface area (Å²) in [6, 6.07) is 0. The van der Waals surface area contributed by atoms with Crippen LogP contribution in [0.15, 0.2) is 11.6 Å². The normalized spacial score (nSPS) is 40.8. The molecule has 0 N–H and O–H groups in total. The first-order valence-electron chi connectivity index (χ1n) is 3.86. The molecule has 0 saturated heterocycles. The van der Waals surface area contributed by atoms with Crippen molar-refractivity contribution in [2.24, 2.45) is 5.92 Å². The van der Waals surface area contributed by atoms with Gasteiger partial charge in [-0.3, -0.25) is 0 Å². The van der Waals surface area contributed by atoms with Gasteiger partial charge < -0.3 is 0 Å². The third-order valence-electron chi connectivity index (χ3n) is 1.65. The highest BCUT2D eigenvalue weighted by molar-refractivity contribution is 5.02. The van der Waals surface area contributed by atoms with E-state index in [1.54, 1.807) is 0 Å². The maximum Gasteiger partial charge on any atom is 0.0273 e. The molecule has 0 aromatic rings. The Balaban J connectivity index is 2.54. The minimum atomic E-state index is 0.161. The second-order valence-electron chi connectivity index (χ2n) is 2.70. The van der Waals surface area contributed by atoms with Crippen LogP contribution >= 0.6 is 0 Å². The van der Waals surface area contributed by atoms with Crippen LogP contribution in [0.2, 0.25) is 0 Å². The fourth-order valence-electron chi connectivity index (χ4n) is 1.18. The second kappa shape index (κ2) is 2.34. The predicted molar refractivity (Wildman–Crippen MR) is 36.8 cm³/mol. The van der Waals surface area contributed by atoms with Crippen molar-refractivity contribution in [3.63, 3.8) is 0 Å². The van der Waals surface area contributed by atoms with Crippen molar-refractivity contribution in [2.45, 2.75) is 33.1 Å². The standard InChI is InChI=1S/C8H14/c1-7-4-3-5-8(2)6-7/h4,8H,3,5-6H2,1-2H3/t8-/m1/s1/i5T/t5-,8+/m0. The molecule has 0 aromatic heterocycles. The molecule has 8 heavy (non-hydrogen) atoms. The van der Waals surface area contributed by atoms with Crippen LogP contribution in [0.25, 0.3) is 0 Å². The number of hydrogen-bond acceptors (Lipinski definition) is 0. The lowest BCUT2D eigenvalue weighted by molar-refractivity contribution is 0.510. The van der Waals surface area contributed by atoms with Crippen molar-refractivity contribution in [1.82, 2.24) is 0 Å². The molecule has 0 bridgehead atoms. The van der Waals surface area contributed by atoms with Crippen molar-refractivity contribution in [3.05, 3.63) is 11.6 Å². The van der Waals surface area contributed by atoms with E-state index in [4.69, 9.17) is 1.37 Å². The van der Waals surface area contributed by atoms with Crippen molar-refractivity contribution < 1.29 is 1.37 Å². The van der Waals surface area contributed by atoms with Gasteiger partial charge in [0.25, 0.3) is 0 Å². The minimum Gasteiger partial charge on any atom is -0.0856 e. The van der Waals surface area contributed by atoms with Crippen LogP contribution in [0.3, 0.4) is 0 Å². The molecule has 0 amide bonds. The van der Waals surface area contributed by atoms with E-state index in [1.165, 1.54) is 5.57 Å². The summed E-state index contributed by atoms with van der Waals surface area (Å²) in [4.78, 5) is 0. The Hall–Kier alpha value is -0.260. The zero-order chi connectivity index (χ0) is 6.85. The Kier molecular flexibility index (Phi) is 1.35. The van der Waals surface area contributed by atoms with Gasteiger partial charge in [-0.25, -0.2) is 0 Å². The Labute approximate surface area is 53.0 Å². The van der Waals surface area contributed by atoms with E-state index >= 15 is 0 Å². The molecule has 2 atom stereocenters. The van der Waals surface area contributed by atoms with E-state index in [-0.39, 0.29) is 6.40 Å². The molecule has 0 fully saturated rings. The number of allylic oxidation sites excluding steroid dienone is 2. The third kappa shape index (κ3) is 1.36. The maximum atomic E-state index is 7.52. The zero-order valence-electron chi connectivity index (χ0n) is 6.65. The monoisotopic (exact) mass is 112 g/mol. The first kappa shape index (κ1) is 4.60. The summed E-state index contributed by atoms with van der Waals surface area (Å²) in [6.45, 7) is 4.32. The smallest absolute Gasteiger partial charge is 0.0273 e. The summed E-state index contributed by atoms with van der Waals surface area (Å²) >= 11 is 0. The summed E-state index contributed by atoms with van der Waals surface area (Å²) in [5.74, 6) is 0.579. The van der Waals surface area contributed by atoms with Gasteiger partial charge in [-0.2, -0.15) is 0 Å². The van der Waals surface area contributed by atoms with Gasteiger partial charge in [0.2, 0.25) is 0 Å². The van der Waals surface area contributed by atoms with E-state index in [9.17, 15) is 0 Å². The van der Waals surface area contributed by atoms with Gasteiger partial charge in [-0.1, -0.05) is 18.6 Å². The maximum absolute atomic E-state index is 7.52. The molecule has 0 aliphatic heterocycles. The van der Waals surface area contributed by atoms with Crippen LogP contribution in [0.5, 0.6) is 0 Å². The SMILES string of the molecule is [3H][C@H]1CC=C(C)C[C@@H]1C. The van der Waals surface area contributed by atoms with Crippen LogP contribution in [-0.2, 0) is 0 Å². The summed E-state index contributed by atoms with van der Waals surface area (Å²) in [5, 5.41) is 0. The molecule has 0 aromatic carbocycles. The van der Waals surface area contributed by atoms with Gasteiger partial charge in [-0.15, -0.1) is 0 Å². The Morgan fingerprint density at radius 2 is 2.62 bits per heavy atom. The summed E-state index contributed by atoms with van der Waals surface area (Å²) in [5.41, 5.74) is 1.46. The zero-order valence-corrected chi connectivity index (χ0v) is 5.65. The fourth-order valence-corrected chi connectivity index (χ4v) is 1.18. The van der Waals surface area contributed by atoms with Crippen LogP contribution in [0, 0.1) is 5.92 Å². The second-order valence-corrected chi connectivity index (χ2v) is 2.70. The largest absolute Gasteiger partial charge is 0.0856 e. The molecule has 1 rings (SSSR count). The van der Waals surface area contributed by atoms with Crippen molar-refractivity contribution in [1.29, 1.82) is 0 Å². The molecular weight excluding hydrogens is 96.1 g/mol. The first-order valence-corrected chi connectivity index (χ1v) is 3.28. The average Bonchev–Trinajstić information content (AvgIpc) is 1.80. The van der Waals surface area contributed by atoms with E-state index in [2.05, 4.69) is 19.9 Å². The van der Waals surface area contributed by atoms with Crippen molar-refractivity contribution >= 4 is 0 Å². The first-order chi connectivity index (χ1) is 4.20. The van der Waals surface area contributed by atoms with Gasteiger partial charge in [-0.05, 0) is 32.1 Å². The fraction of sp³-hybridized carbons (Fsp3) is 0.750. The third-order valence-corrected chi connectivity index (χ3v) is 1.65. The van der Waals surface area contributed by atoms with Crippen LogP contribution in [0.1, 0.15) is 34.5 Å². The molecule has 0 heterocycles. The number of rotatable bonds is 0. The number of hydrogen-bond donors (Lipinski definition) is 0. The molecule has 0 nitrogen and oxygen atoms in total. The van der Waals surface area contributed by atoms with Crippen molar-refractivity contribution in [3.8, 4) is 0 Å². The average molecular weight is 112 g/mol. The van der Waals surface area contributed by atoms with Crippen LogP contribution in [-0.4, -0.2) is 0 Å². The van der Waals surface area contributed by atoms with Crippen LogP contribution < -0.4 is 0 Å². The summed E-state index contributed by atoms with van der Waals surface area (Å²) in [7, 11) is 0. The molecular formula is C8H14. The van der Waals surface area contributed by atoms with Gasteiger partial charge in [0.05, 0.1) is 0 Å². The van der Waals surface area contributed by atoms with Crippen LogP contribution in [0.4, 0.5) is 0 Å². The molecule has 0 unspecified atom stereocenters. The molecule has 0 spiro atoms. The Morgan fingerprint density at radius 3 is 3.12 bits per heavy atom. The minimum absolute atomic E-state index is 0.161. The van der Waals surface area contributed by atoms with E-state index < -0.39 is 0 Å². The molecule has 0 radical (unpaired) electrons. The molecule has 0 saturated carbocycles. The highest BCUT2D eigenvalue weighted by Crippen LogP contribution is 2.22. The lowest BCUT2D eigenvalue weighted by Crippen LogP contribution is -1.99. The Morgan fingerprint density at radius 1 is 1.88 bits per heavy atom. The van der Waals surface area contributed by atoms with E-state index in [0.29, 0.717) is 5.92 Å². The predicted octanol–water partition coefficient (Wildman–Crippen LogP) is 2.75. The quantitative estimate of drug-likeness (QED) is 0.423. The summed E-state index contributed by atoms with van der Waals surface area (Å²) in [6.07, 6.45) is 4.45. The van der Waals surface area contributed by atoms with Gasteiger partial charge in [0.1, 0.15) is 0 Å². The lowest BCUT2D eigenvalue weighted by atomic mass is 9.91. The van der Waals surface area contributed by atoms with E-state index in [1.807, 2.05) is 0 Å². The van der Waals surface area contributed by atoms with E-state index in [0.717, 1.165) is 12.8 Å². The molecule has 1 aliphatic rings. The molecule has 46 valence electrons. The highest BCUT2D eigenvalue weighted by Gasteiger charge is 2.05. The van der Waals surface area contributed by atoms with Crippen molar-refractivity contribution in [2.75, 3.05) is 0 Å². The van der Waals surface area contributed by atoms with Gasteiger partial charge >= 0.3 is 0 Å². The summed E-state index contributed by atoms with van der Waals surface area (Å²) < 4.78 is 7.52. The van der Waals surface area contributed by atoms with Gasteiger partial charge in [0, 0.05) is 1.37 Å².